The van der Waals surface area contributed by atoms with Crippen LogP contribution in [0, 0.1) is 0 Å². The first-order valence-corrected chi connectivity index (χ1v) is 7.90. The second-order valence-corrected chi connectivity index (χ2v) is 5.70. The highest BCUT2D eigenvalue weighted by Gasteiger charge is 2.34. The lowest BCUT2D eigenvalue weighted by Crippen LogP contribution is -2.51. The number of nitrogens with zero attached hydrogens (tertiary/aromatic N) is 2. The second-order valence-electron chi connectivity index (χ2n) is 5.70. The molecule has 1 aliphatic rings. The van der Waals surface area contributed by atoms with Crippen LogP contribution >= 0.6 is 0 Å². The van der Waals surface area contributed by atoms with Crippen LogP contribution in [0.5, 0.6) is 0 Å². The number of nitrogens with one attached hydrogen (secondary N) is 2. The van der Waals surface area contributed by atoms with Crippen LogP contribution < -0.4 is 10.9 Å². The third kappa shape index (κ3) is 4.03. The molecular formula is C18H20N4O3. The van der Waals surface area contributed by atoms with Crippen LogP contribution in [0.2, 0.25) is 0 Å². The molecule has 2 aromatic rings. The molecule has 1 heterocycles. The van der Waals surface area contributed by atoms with Crippen LogP contribution in [0.1, 0.15) is 5.56 Å². The molecule has 0 saturated carbocycles. The van der Waals surface area contributed by atoms with E-state index in [1.807, 2.05) is 60.7 Å². The zero-order valence-corrected chi connectivity index (χ0v) is 13.6. The van der Waals surface area contributed by atoms with Crippen LogP contribution in [-0.2, 0) is 4.84 Å². The topological polar surface area (TPSA) is 98.5 Å². The third-order valence-corrected chi connectivity index (χ3v) is 3.79. The fourth-order valence-electron chi connectivity index (χ4n) is 2.33. The number of rotatable bonds is 6. The Labute approximate surface area is 145 Å². The molecule has 7 heteroatoms. The maximum Gasteiger partial charge on any atom is 0.174 e. The smallest absolute Gasteiger partial charge is 0.174 e. The minimum absolute atomic E-state index is 0.0671. The number of benzene rings is 2. The Balaban J connectivity index is 1.98. The van der Waals surface area contributed by atoms with Crippen molar-refractivity contribution >= 4 is 17.2 Å². The summed E-state index contributed by atoms with van der Waals surface area (Å²) in [5.74, 6) is 0.337. The summed E-state index contributed by atoms with van der Waals surface area (Å²) < 4.78 is 0. The van der Waals surface area contributed by atoms with Crippen LogP contribution in [0.15, 0.2) is 70.8 Å². The maximum atomic E-state index is 9.59. The highest BCUT2D eigenvalue weighted by molar-refractivity contribution is 6.47. The first-order valence-electron chi connectivity index (χ1n) is 7.90. The van der Waals surface area contributed by atoms with Gasteiger partial charge in [0.15, 0.2) is 5.84 Å². The van der Waals surface area contributed by atoms with Crippen molar-refractivity contribution in [1.82, 2.24) is 5.48 Å². The van der Waals surface area contributed by atoms with Gasteiger partial charge in [-0.25, -0.2) is 5.48 Å². The van der Waals surface area contributed by atoms with Crippen LogP contribution in [0.3, 0.4) is 0 Å². The molecule has 0 aliphatic carbocycles. The Morgan fingerprint density at radius 2 is 1.72 bits per heavy atom. The van der Waals surface area contributed by atoms with Gasteiger partial charge in [0.25, 0.3) is 0 Å². The standard InChI is InChI=1S/C18H20N4O3/c23-11-18(12-24)13-25-22-17(19-18)16(14-7-3-1-4-8-14)21-20-15-9-5-2-6-10-15/h1-10,20,23-24H,11-13H2,(H,19,22). The molecule has 0 unspecified atom stereocenters. The van der Waals surface area contributed by atoms with Crippen molar-refractivity contribution in [3.63, 3.8) is 0 Å². The van der Waals surface area contributed by atoms with E-state index in [0.717, 1.165) is 11.3 Å². The zero-order chi connectivity index (χ0) is 17.5. The normalized spacial score (nSPS) is 16.7. The van der Waals surface area contributed by atoms with Crippen molar-refractivity contribution in [3.05, 3.63) is 66.2 Å². The highest BCUT2D eigenvalue weighted by atomic mass is 16.6. The summed E-state index contributed by atoms with van der Waals surface area (Å²) in [5.41, 5.74) is 6.78. The molecule has 2 aromatic carbocycles. The zero-order valence-electron chi connectivity index (χ0n) is 13.6. The van der Waals surface area contributed by atoms with Gasteiger partial charge in [0.05, 0.1) is 18.9 Å². The molecule has 0 saturated heterocycles. The average molecular weight is 340 g/mol. The fourth-order valence-corrected chi connectivity index (χ4v) is 2.33. The van der Waals surface area contributed by atoms with Crippen molar-refractivity contribution in [2.45, 2.75) is 5.54 Å². The fraction of sp³-hybridized carbons (Fsp3) is 0.222. The van der Waals surface area contributed by atoms with Crippen molar-refractivity contribution in [1.29, 1.82) is 0 Å². The summed E-state index contributed by atoms with van der Waals surface area (Å²) in [4.78, 5) is 9.77. The number of hydrazone groups is 1. The van der Waals surface area contributed by atoms with Crippen molar-refractivity contribution in [2.75, 3.05) is 25.2 Å². The number of hydroxylamine groups is 1. The Bertz CT molecular complexity index is 743. The molecule has 130 valence electrons. The monoisotopic (exact) mass is 340 g/mol. The number of aliphatic hydroxyl groups is 2. The first-order chi connectivity index (χ1) is 12.3. The molecule has 0 fully saturated rings. The van der Waals surface area contributed by atoms with Gasteiger partial charge in [-0.2, -0.15) is 5.10 Å². The lowest BCUT2D eigenvalue weighted by Gasteiger charge is -2.31. The van der Waals surface area contributed by atoms with E-state index in [1.165, 1.54) is 0 Å². The van der Waals surface area contributed by atoms with E-state index in [1.54, 1.807) is 0 Å². The number of anilines is 1. The van der Waals surface area contributed by atoms with Crippen LogP contribution in [0.4, 0.5) is 5.69 Å². The van der Waals surface area contributed by atoms with Gasteiger partial charge in [0.1, 0.15) is 17.9 Å². The Hall–Kier alpha value is -2.74. The van der Waals surface area contributed by atoms with E-state index in [0.29, 0.717) is 11.5 Å². The van der Waals surface area contributed by atoms with E-state index < -0.39 is 5.54 Å². The molecule has 25 heavy (non-hydrogen) atoms. The van der Waals surface area contributed by atoms with Gasteiger partial charge in [-0.3, -0.25) is 15.3 Å². The van der Waals surface area contributed by atoms with E-state index in [2.05, 4.69) is 21.0 Å². The van der Waals surface area contributed by atoms with Gasteiger partial charge in [-0.1, -0.05) is 48.5 Å². The quantitative estimate of drug-likeness (QED) is 0.467. The average Bonchev–Trinajstić information content (AvgIpc) is 2.70. The molecule has 0 aromatic heterocycles. The lowest BCUT2D eigenvalue weighted by molar-refractivity contribution is -0.0120. The highest BCUT2D eigenvalue weighted by Crippen LogP contribution is 2.16. The molecule has 3 rings (SSSR count). The molecule has 0 atom stereocenters. The molecule has 1 aliphatic heterocycles. The molecular weight excluding hydrogens is 320 g/mol. The number of hydrogen-bond acceptors (Lipinski definition) is 7. The van der Waals surface area contributed by atoms with Crippen molar-refractivity contribution < 1.29 is 15.1 Å². The Kier molecular flexibility index (Phi) is 5.39. The number of para-hydroxylation sites is 1. The minimum atomic E-state index is -1.09. The van der Waals surface area contributed by atoms with E-state index in [9.17, 15) is 10.2 Å². The predicted octanol–water partition coefficient (Wildman–Crippen LogP) is 1.16. The van der Waals surface area contributed by atoms with Gasteiger partial charge < -0.3 is 10.2 Å². The van der Waals surface area contributed by atoms with Gasteiger partial charge in [0.2, 0.25) is 0 Å². The van der Waals surface area contributed by atoms with Gasteiger partial charge in [-0.15, -0.1) is 0 Å². The first kappa shape index (κ1) is 17.1. The largest absolute Gasteiger partial charge is 0.394 e. The summed E-state index contributed by atoms with van der Waals surface area (Å²) in [6.07, 6.45) is 0. The lowest BCUT2D eigenvalue weighted by atomic mass is 10.0. The second kappa shape index (κ2) is 7.89. The molecule has 0 radical (unpaired) electrons. The van der Waals surface area contributed by atoms with E-state index in [-0.39, 0.29) is 19.8 Å². The molecule has 4 N–H and O–H groups in total. The summed E-state index contributed by atoms with van der Waals surface area (Å²) >= 11 is 0. The van der Waals surface area contributed by atoms with Gasteiger partial charge >= 0.3 is 0 Å². The summed E-state index contributed by atoms with van der Waals surface area (Å²) in [5, 5.41) is 23.6. The van der Waals surface area contributed by atoms with Crippen LogP contribution in [0.25, 0.3) is 0 Å². The van der Waals surface area contributed by atoms with E-state index in [4.69, 9.17) is 4.84 Å². The summed E-state index contributed by atoms with van der Waals surface area (Å²) in [7, 11) is 0. The maximum absolute atomic E-state index is 9.59. The SMILES string of the molecule is OCC1(CO)CONC(C(=NNc2ccccc2)c2ccccc2)=N1. The molecule has 0 amide bonds. The molecule has 0 spiro atoms. The number of hydrogen-bond donors (Lipinski definition) is 4. The van der Waals surface area contributed by atoms with Crippen molar-refractivity contribution in [3.8, 4) is 0 Å². The third-order valence-electron chi connectivity index (χ3n) is 3.79. The number of aliphatic imine (C=N–C) groups is 1. The van der Waals surface area contributed by atoms with E-state index >= 15 is 0 Å². The van der Waals surface area contributed by atoms with Crippen LogP contribution in [-0.4, -0.2) is 47.1 Å². The van der Waals surface area contributed by atoms with Crippen molar-refractivity contribution in [2.24, 2.45) is 10.1 Å². The Morgan fingerprint density at radius 3 is 2.36 bits per heavy atom. The molecule has 7 nitrogen and oxygen atoms in total. The summed E-state index contributed by atoms with van der Waals surface area (Å²) in [6.45, 7) is -0.594. The predicted molar refractivity (Wildman–Crippen MR) is 96.5 cm³/mol. The molecule has 0 bridgehead atoms. The Morgan fingerprint density at radius 1 is 1.08 bits per heavy atom. The van der Waals surface area contributed by atoms with Gasteiger partial charge in [-0.05, 0) is 12.1 Å². The number of amidine groups is 1. The van der Waals surface area contributed by atoms with Gasteiger partial charge in [0, 0.05) is 5.56 Å². The number of aliphatic hydroxyl groups excluding tert-OH is 2. The minimum Gasteiger partial charge on any atom is -0.394 e. The summed E-state index contributed by atoms with van der Waals surface area (Å²) in [6, 6.07) is 19.0.